The van der Waals surface area contributed by atoms with E-state index in [1.807, 2.05) is 13.1 Å². The van der Waals surface area contributed by atoms with Gasteiger partial charge in [0.05, 0.1) is 11.6 Å². The molecule has 0 atom stereocenters. The van der Waals surface area contributed by atoms with Gasteiger partial charge in [0.1, 0.15) is 6.61 Å². The van der Waals surface area contributed by atoms with Gasteiger partial charge in [0.15, 0.2) is 10.6 Å². The van der Waals surface area contributed by atoms with Crippen molar-refractivity contribution in [2.75, 3.05) is 0 Å². The maximum Gasteiger partial charge on any atom is 0.195 e. The van der Waals surface area contributed by atoms with Gasteiger partial charge in [-0.3, -0.25) is 9.67 Å². The van der Waals surface area contributed by atoms with E-state index in [1.54, 1.807) is 15.9 Å². The molecule has 2 heterocycles. The van der Waals surface area contributed by atoms with Crippen LogP contribution in [-0.4, -0.2) is 24.9 Å². The lowest BCUT2D eigenvalue weighted by molar-refractivity contribution is 0.265. The minimum Gasteiger partial charge on any atom is -0.388 e. The van der Waals surface area contributed by atoms with Crippen molar-refractivity contribution >= 4 is 23.6 Å². The lowest BCUT2D eigenvalue weighted by Gasteiger charge is -2.01. The number of H-pyrrole nitrogens is 1. The maximum absolute atomic E-state index is 9.05. The largest absolute Gasteiger partial charge is 0.388 e. The molecule has 0 fully saturated rings. The highest BCUT2D eigenvalue weighted by Crippen LogP contribution is 2.14. The molecule has 0 aromatic carbocycles. The molecular formula is C8H10N4OS2. The van der Waals surface area contributed by atoms with Crippen LogP contribution in [-0.2, 0) is 13.2 Å². The fourth-order valence-electron chi connectivity index (χ4n) is 1.27. The Bertz CT molecular complexity index is 513. The summed E-state index contributed by atoms with van der Waals surface area (Å²) >= 11 is 6.68. The van der Waals surface area contributed by atoms with Crippen LogP contribution in [0.1, 0.15) is 15.7 Å². The summed E-state index contributed by atoms with van der Waals surface area (Å²) in [4.78, 5) is 5.26. The van der Waals surface area contributed by atoms with E-state index >= 15 is 0 Å². The predicted octanol–water partition coefficient (Wildman–Crippen LogP) is 1.25. The number of nitrogens with zero attached hydrogens (tertiary/aromatic N) is 3. The number of aryl methyl sites for hydroxylation is 1. The first-order chi connectivity index (χ1) is 7.20. The van der Waals surface area contributed by atoms with Crippen molar-refractivity contribution in [1.29, 1.82) is 0 Å². The Kier molecular flexibility index (Phi) is 2.94. The van der Waals surface area contributed by atoms with E-state index in [0.29, 0.717) is 17.1 Å². The number of hydrogen-bond donors (Lipinski definition) is 2. The summed E-state index contributed by atoms with van der Waals surface area (Å²) in [7, 11) is 0. The van der Waals surface area contributed by atoms with Crippen molar-refractivity contribution in [2.24, 2.45) is 0 Å². The zero-order valence-electron chi connectivity index (χ0n) is 8.10. The smallest absolute Gasteiger partial charge is 0.195 e. The lowest BCUT2D eigenvalue weighted by atomic mass is 10.5. The zero-order chi connectivity index (χ0) is 10.8. The molecular weight excluding hydrogens is 232 g/mol. The number of thiazole rings is 1. The predicted molar refractivity (Wildman–Crippen MR) is 59.3 cm³/mol. The van der Waals surface area contributed by atoms with Gasteiger partial charge in [-0.15, -0.1) is 11.3 Å². The summed E-state index contributed by atoms with van der Waals surface area (Å²) in [6.45, 7) is 2.44. The highest BCUT2D eigenvalue weighted by Gasteiger charge is 2.06. The molecule has 0 saturated heterocycles. The van der Waals surface area contributed by atoms with Crippen LogP contribution in [0.3, 0.4) is 0 Å². The molecule has 2 aromatic heterocycles. The molecule has 2 rings (SSSR count). The molecule has 5 nitrogen and oxygen atoms in total. The minimum absolute atomic E-state index is 0.120. The first-order valence-electron chi connectivity index (χ1n) is 4.37. The van der Waals surface area contributed by atoms with Crippen LogP contribution in [0, 0.1) is 11.7 Å². The van der Waals surface area contributed by atoms with Crippen molar-refractivity contribution in [3.8, 4) is 0 Å². The molecule has 15 heavy (non-hydrogen) atoms. The number of hydrogen-bond acceptors (Lipinski definition) is 5. The van der Waals surface area contributed by atoms with Gasteiger partial charge in [0.2, 0.25) is 0 Å². The normalized spacial score (nSPS) is 10.8. The van der Waals surface area contributed by atoms with Gasteiger partial charge in [-0.05, 0) is 19.1 Å². The van der Waals surface area contributed by atoms with E-state index in [0.717, 1.165) is 9.88 Å². The quantitative estimate of drug-likeness (QED) is 0.795. The summed E-state index contributed by atoms with van der Waals surface area (Å²) in [5.74, 6) is 0.547. The number of aliphatic hydroxyl groups is 1. The monoisotopic (exact) mass is 242 g/mol. The van der Waals surface area contributed by atoms with Crippen molar-refractivity contribution in [3.05, 3.63) is 26.7 Å². The highest BCUT2D eigenvalue weighted by atomic mass is 32.1. The third kappa shape index (κ3) is 2.14. The molecule has 0 amide bonds. The molecule has 0 saturated carbocycles. The summed E-state index contributed by atoms with van der Waals surface area (Å²) in [6, 6.07) is 0. The van der Waals surface area contributed by atoms with Gasteiger partial charge in [-0.2, -0.15) is 5.10 Å². The Labute approximate surface area is 95.4 Å². The standard InChI is InChI=1S/C8H10N4OS2/c1-5-9-2-6(15-5)3-12-7(4-13)10-11-8(12)14/h2,13H,3-4H2,1H3,(H,11,14). The van der Waals surface area contributed by atoms with Gasteiger partial charge >= 0.3 is 0 Å². The van der Waals surface area contributed by atoms with Crippen LogP contribution in [0.5, 0.6) is 0 Å². The van der Waals surface area contributed by atoms with E-state index < -0.39 is 0 Å². The molecule has 80 valence electrons. The van der Waals surface area contributed by atoms with Crippen LogP contribution in [0.15, 0.2) is 6.20 Å². The molecule has 0 aliphatic rings. The molecule has 0 bridgehead atoms. The van der Waals surface area contributed by atoms with E-state index in [9.17, 15) is 0 Å². The van der Waals surface area contributed by atoms with E-state index in [4.69, 9.17) is 17.3 Å². The van der Waals surface area contributed by atoms with Gasteiger partial charge < -0.3 is 5.11 Å². The van der Waals surface area contributed by atoms with Crippen molar-refractivity contribution < 1.29 is 5.11 Å². The van der Waals surface area contributed by atoms with Crippen molar-refractivity contribution in [2.45, 2.75) is 20.1 Å². The van der Waals surface area contributed by atoms with Crippen molar-refractivity contribution in [3.63, 3.8) is 0 Å². The van der Waals surface area contributed by atoms with Crippen LogP contribution in [0.4, 0.5) is 0 Å². The number of rotatable bonds is 3. The first-order valence-corrected chi connectivity index (χ1v) is 5.59. The molecule has 0 radical (unpaired) electrons. The third-order valence-corrected chi connectivity index (χ3v) is 3.17. The number of nitrogens with one attached hydrogen (secondary N) is 1. The second-order valence-electron chi connectivity index (χ2n) is 3.03. The molecule has 0 spiro atoms. The average Bonchev–Trinajstić information content (AvgIpc) is 2.76. The number of aliphatic hydroxyl groups excluding tert-OH is 1. The van der Waals surface area contributed by atoms with Crippen LogP contribution in [0.2, 0.25) is 0 Å². The van der Waals surface area contributed by atoms with E-state index in [2.05, 4.69) is 15.2 Å². The molecule has 0 aliphatic carbocycles. The summed E-state index contributed by atoms with van der Waals surface area (Å²) in [5, 5.41) is 16.6. The van der Waals surface area contributed by atoms with Gasteiger partial charge in [-0.1, -0.05) is 0 Å². The van der Waals surface area contributed by atoms with Gasteiger partial charge in [0, 0.05) is 11.1 Å². The Balaban J connectivity index is 2.31. The zero-order valence-corrected chi connectivity index (χ0v) is 9.73. The van der Waals surface area contributed by atoms with E-state index in [-0.39, 0.29) is 6.61 Å². The fraction of sp³-hybridized carbons (Fsp3) is 0.375. The Morgan fingerprint density at radius 2 is 2.47 bits per heavy atom. The number of aromatic nitrogens is 4. The van der Waals surface area contributed by atoms with Crippen LogP contribution >= 0.6 is 23.6 Å². The Hall–Kier alpha value is -1.05. The second kappa shape index (κ2) is 4.21. The molecule has 2 aromatic rings. The van der Waals surface area contributed by atoms with Crippen LogP contribution < -0.4 is 0 Å². The minimum atomic E-state index is -0.120. The summed E-state index contributed by atoms with van der Waals surface area (Å²) in [5.41, 5.74) is 0. The topological polar surface area (TPSA) is 66.7 Å². The van der Waals surface area contributed by atoms with Crippen molar-refractivity contribution in [1.82, 2.24) is 19.7 Å². The van der Waals surface area contributed by atoms with Gasteiger partial charge in [0.25, 0.3) is 0 Å². The second-order valence-corrected chi connectivity index (χ2v) is 4.74. The summed E-state index contributed by atoms with van der Waals surface area (Å²) < 4.78 is 2.28. The molecule has 0 unspecified atom stereocenters. The Morgan fingerprint density at radius 1 is 1.67 bits per heavy atom. The molecule has 7 heteroatoms. The Morgan fingerprint density at radius 3 is 3.07 bits per heavy atom. The third-order valence-electron chi connectivity index (χ3n) is 1.96. The first kappa shape index (κ1) is 10.5. The fourth-order valence-corrected chi connectivity index (χ4v) is 2.27. The maximum atomic E-state index is 9.05. The molecule has 0 aliphatic heterocycles. The summed E-state index contributed by atoms with van der Waals surface area (Å²) in [6.07, 6.45) is 1.82. The average molecular weight is 242 g/mol. The number of aromatic amines is 1. The lowest BCUT2D eigenvalue weighted by Crippen LogP contribution is -2.04. The molecule has 2 N–H and O–H groups in total. The van der Waals surface area contributed by atoms with Crippen LogP contribution in [0.25, 0.3) is 0 Å². The van der Waals surface area contributed by atoms with Gasteiger partial charge in [-0.25, -0.2) is 4.98 Å². The highest BCUT2D eigenvalue weighted by molar-refractivity contribution is 7.71. The SMILES string of the molecule is Cc1ncc(Cn2c(CO)n[nH]c2=S)s1. The van der Waals surface area contributed by atoms with E-state index in [1.165, 1.54) is 0 Å².